The third kappa shape index (κ3) is 3.82. The van der Waals surface area contributed by atoms with Crippen LogP contribution in [0.25, 0.3) is 0 Å². The van der Waals surface area contributed by atoms with Gasteiger partial charge in [0.05, 0.1) is 0 Å². The summed E-state index contributed by atoms with van der Waals surface area (Å²) >= 11 is 0. The highest BCUT2D eigenvalue weighted by Crippen LogP contribution is 1.39. The zero-order valence-electron chi connectivity index (χ0n) is 2.96. The summed E-state index contributed by atoms with van der Waals surface area (Å²) in [6.07, 6.45) is 0. The van der Waals surface area contributed by atoms with Crippen LogP contribution in [-0.2, 0) is 0 Å². The molecule has 0 unspecified atom stereocenters. The van der Waals surface area contributed by atoms with Gasteiger partial charge in [-0.15, -0.1) is 0 Å². The minimum absolute atomic E-state index is 0.111. The van der Waals surface area contributed by atoms with Crippen molar-refractivity contribution in [2.75, 3.05) is 6.54 Å². The minimum atomic E-state index is -1.50. The molecule has 0 aliphatic carbocycles. The van der Waals surface area contributed by atoms with Gasteiger partial charge in [0.1, 0.15) is 0 Å². The zero-order chi connectivity index (χ0) is 4.28. The van der Waals surface area contributed by atoms with Gasteiger partial charge >= 0.3 is 0 Å². The molecule has 0 heterocycles. The first-order chi connectivity index (χ1) is 2.27. The van der Waals surface area contributed by atoms with Gasteiger partial charge in [-0.2, -0.15) is 0 Å². The first-order valence-electron chi connectivity index (χ1n) is 1.44. The molecule has 0 atom stereocenters. The fourth-order valence-electron chi connectivity index (χ4n) is 0. The van der Waals surface area contributed by atoms with Gasteiger partial charge < -0.3 is 0 Å². The molecule has 0 aromatic heterocycles. The van der Waals surface area contributed by atoms with Crippen molar-refractivity contribution in [2.45, 2.75) is 6.92 Å². The van der Waals surface area contributed by atoms with E-state index in [-0.39, 0.29) is 6.54 Å². The van der Waals surface area contributed by atoms with Gasteiger partial charge in [0.2, 0.25) is 0 Å². The molecule has 1 N–H and O–H groups in total. The molecular weight excluding hydrogens is 76.0 g/mol. The molecule has 32 valence electrons. The van der Waals surface area contributed by atoms with Crippen molar-refractivity contribution in [1.82, 2.24) is 0 Å². The van der Waals surface area contributed by atoms with Crippen LogP contribution >= 0.6 is 0 Å². The summed E-state index contributed by atoms with van der Waals surface area (Å²) in [5.41, 5.74) is 0. The lowest BCUT2D eigenvalue weighted by atomic mass is 10.8. The maximum Gasteiger partial charge on any atom is 0.150 e. The Morgan fingerprint density at radius 2 is 1.80 bits per heavy atom. The van der Waals surface area contributed by atoms with Crippen molar-refractivity contribution in [3.63, 3.8) is 0 Å². The minimum Gasteiger partial charge on any atom is -0.00841 e. The summed E-state index contributed by atoms with van der Waals surface area (Å²) < 4.78 is 21.4. The van der Waals surface area contributed by atoms with Crippen LogP contribution in [0.2, 0.25) is 0 Å². The zero-order valence-corrected chi connectivity index (χ0v) is 2.96. The van der Waals surface area contributed by atoms with Gasteiger partial charge in [0, 0.05) is 14.3 Å². The van der Waals surface area contributed by atoms with Gasteiger partial charge in [-0.1, -0.05) is 0 Å². The normalized spacial score (nSPS) is 9.60. The van der Waals surface area contributed by atoms with Crippen LogP contribution in [0.15, 0.2) is 0 Å². The lowest BCUT2D eigenvalue weighted by molar-refractivity contribution is -1.16. The van der Waals surface area contributed by atoms with E-state index in [2.05, 4.69) is 0 Å². The molecule has 0 bridgehead atoms. The molecule has 3 heteroatoms. The highest BCUT2D eigenvalue weighted by Gasteiger charge is 1.92. The third-order valence-corrected chi connectivity index (χ3v) is 0.267. The molecule has 0 amide bonds. The molecule has 0 fully saturated rings. The molecule has 0 saturated carbocycles. The Bertz CT molecular complexity index is 21.6. The van der Waals surface area contributed by atoms with E-state index in [1.54, 1.807) is 0 Å². The summed E-state index contributed by atoms with van der Waals surface area (Å²) in [7, 11) is 0. The van der Waals surface area contributed by atoms with E-state index in [4.69, 9.17) is 0 Å². The second kappa shape index (κ2) is 2.08. The van der Waals surface area contributed by atoms with E-state index in [1.807, 2.05) is 0 Å². The topological polar surface area (TPSA) is 4.44 Å². The molecule has 0 aromatic carbocycles. The number of hydrogen-bond donors (Lipinski definition) is 1. The summed E-state index contributed by atoms with van der Waals surface area (Å²) in [6.45, 7) is 1.30. The smallest absolute Gasteiger partial charge is 0.00841 e. The van der Waals surface area contributed by atoms with Crippen molar-refractivity contribution < 1.29 is 14.3 Å². The van der Waals surface area contributed by atoms with Crippen molar-refractivity contribution in [3.05, 3.63) is 0 Å². The van der Waals surface area contributed by atoms with E-state index in [0.29, 0.717) is 0 Å². The Kier molecular flexibility index (Phi) is 2.01. The Morgan fingerprint density at radius 3 is 1.80 bits per heavy atom. The highest BCUT2D eigenvalue weighted by atomic mass is 19.4. The number of halogens is 2. The van der Waals surface area contributed by atoms with Gasteiger partial charge in [-0.25, -0.2) is 0 Å². The number of rotatable bonds is 1. The summed E-state index contributed by atoms with van der Waals surface area (Å²) in [6, 6.07) is 0. The van der Waals surface area contributed by atoms with E-state index < -0.39 is 5.34 Å². The average Bonchev–Trinajstić information content (AvgIpc) is 1.38. The van der Waals surface area contributed by atoms with Crippen LogP contribution < -0.4 is 5.34 Å². The first-order valence-corrected chi connectivity index (χ1v) is 1.44. The van der Waals surface area contributed by atoms with Gasteiger partial charge in [0.25, 0.3) is 0 Å². The van der Waals surface area contributed by atoms with Crippen LogP contribution in [0.3, 0.4) is 0 Å². The van der Waals surface area contributed by atoms with Crippen molar-refractivity contribution in [3.8, 4) is 0 Å². The monoisotopic (exact) mass is 82.0 g/mol. The summed E-state index contributed by atoms with van der Waals surface area (Å²) in [5.74, 6) is 0. The summed E-state index contributed by atoms with van der Waals surface area (Å²) in [5, 5.41) is -1.50. The molecular formula is C2H6F2N+. The predicted molar refractivity (Wildman–Crippen MR) is 13.7 cm³/mol. The second-order valence-corrected chi connectivity index (χ2v) is 0.692. The van der Waals surface area contributed by atoms with E-state index in [9.17, 15) is 8.96 Å². The van der Waals surface area contributed by atoms with E-state index >= 15 is 0 Å². The highest BCUT2D eigenvalue weighted by molar-refractivity contribution is 3.83. The Morgan fingerprint density at radius 1 is 1.60 bits per heavy atom. The lowest BCUT2D eigenvalue weighted by Gasteiger charge is -1.78. The standard InChI is InChI=1S/C2H5F2N/c1-2-5(3)4/h2H2,1H3/p+1. The molecule has 0 rings (SSSR count). The Balaban J connectivity index is 2.54. The van der Waals surface area contributed by atoms with Crippen LogP contribution in [0, 0.1) is 0 Å². The van der Waals surface area contributed by atoms with Crippen LogP contribution in [0.4, 0.5) is 8.96 Å². The average molecular weight is 82.1 g/mol. The van der Waals surface area contributed by atoms with Crippen molar-refractivity contribution in [1.29, 1.82) is 0 Å². The Hall–Kier alpha value is -0.180. The second-order valence-electron chi connectivity index (χ2n) is 0.692. The molecule has 0 aliphatic rings. The fraction of sp³-hybridized carbons (Fsp3) is 1.00. The molecule has 0 spiro atoms. The maximum atomic E-state index is 10.7. The fourth-order valence-corrected chi connectivity index (χ4v) is 0. The predicted octanol–water partition coefficient (Wildman–Crippen LogP) is -0.340. The van der Waals surface area contributed by atoms with E-state index in [1.165, 1.54) is 6.92 Å². The molecule has 0 aliphatic heterocycles. The molecule has 0 saturated heterocycles. The molecule has 0 radical (unpaired) electrons. The lowest BCUT2D eigenvalue weighted by Crippen LogP contribution is -2.95. The SMILES string of the molecule is CC[NH+](F)F. The van der Waals surface area contributed by atoms with Gasteiger partial charge in [0.15, 0.2) is 6.54 Å². The van der Waals surface area contributed by atoms with Crippen molar-refractivity contribution in [2.24, 2.45) is 0 Å². The van der Waals surface area contributed by atoms with Gasteiger partial charge in [-0.05, 0) is 6.92 Å². The quantitative estimate of drug-likeness (QED) is 0.413. The Labute approximate surface area is 29.1 Å². The first kappa shape index (κ1) is 4.82. The maximum absolute atomic E-state index is 10.7. The molecule has 5 heavy (non-hydrogen) atoms. The molecule has 1 nitrogen and oxygen atoms in total. The summed E-state index contributed by atoms with van der Waals surface area (Å²) in [4.78, 5) is 0. The number of nitrogens with one attached hydrogen (secondary N) is 1. The van der Waals surface area contributed by atoms with Gasteiger partial charge in [-0.3, -0.25) is 0 Å². The number of quaternary nitrogens is 1. The van der Waals surface area contributed by atoms with Crippen LogP contribution in [0.1, 0.15) is 6.92 Å². The largest absolute Gasteiger partial charge is 0.150 e. The van der Waals surface area contributed by atoms with E-state index in [0.717, 1.165) is 0 Å². The van der Waals surface area contributed by atoms with Crippen LogP contribution in [-0.4, -0.2) is 6.54 Å². The third-order valence-electron chi connectivity index (χ3n) is 0.267. The number of hydrogen-bond acceptors (Lipinski definition) is 0. The molecule has 0 aromatic rings. The van der Waals surface area contributed by atoms with Crippen molar-refractivity contribution >= 4 is 0 Å². The van der Waals surface area contributed by atoms with Crippen LogP contribution in [0.5, 0.6) is 0 Å².